The van der Waals surface area contributed by atoms with E-state index < -0.39 is 5.91 Å². The van der Waals surface area contributed by atoms with Crippen LogP contribution in [0.15, 0.2) is 24.3 Å². The predicted molar refractivity (Wildman–Crippen MR) is 75.7 cm³/mol. The van der Waals surface area contributed by atoms with Crippen molar-refractivity contribution >= 4 is 23.6 Å². The second-order valence-electron chi connectivity index (χ2n) is 4.53. The molecule has 1 aromatic rings. The highest BCUT2D eigenvalue weighted by molar-refractivity contribution is 7.99. The van der Waals surface area contributed by atoms with Crippen LogP contribution in [0.4, 0.5) is 0 Å². The normalized spacial score (nSPS) is 18.3. The van der Waals surface area contributed by atoms with Crippen molar-refractivity contribution in [1.29, 1.82) is 0 Å². The third-order valence-electron chi connectivity index (χ3n) is 3.05. The van der Waals surface area contributed by atoms with Gasteiger partial charge in [0.2, 0.25) is 11.8 Å². The van der Waals surface area contributed by atoms with Gasteiger partial charge in [0.15, 0.2) is 0 Å². The lowest BCUT2D eigenvalue weighted by molar-refractivity contribution is -0.131. The lowest BCUT2D eigenvalue weighted by atomic mass is 10.1. The van der Waals surface area contributed by atoms with E-state index in [1.54, 1.807) is 35.8 Å². The van der Waals surface area contributed by atoms with Crippen LogP contribution in [0.25, 0.3) is 0 Å². The molecule has 1 atom stereocenters. The summed E-state index contributed by atoms with van der Waals surface area (Å²) in [7, 11) is 1.79. The van der Waals surface area contributed by atoms with Gasteiger partial charge >= 0.3 is 0 Å². The van der Waals surface area contributed by atoms with E-state index in [-0.39, 0.29) is 11.9 Å². The van der Waals surface area contributed by atoms with Gasteiger partial charge < -0.3 is 10.6 Å². The number of nitrogens with one attached hydrogen (secondary N) is 1. The van der Waals surface area contributed by atoms with Gasteiger partial charge in [-0.3, -0.25) is 14.9 Å². The fourth-order valence-corrected chi connectivity index (χ4v) is 2.88. The first-order valence-corrected chi connectivity index (χ1v) is 7.18. The quantitative estimate of drug-likeness (QED) is 0.837. The van der Waals surface area contributed by atoms with Gasteiger partial charge in [-0.2, -0.15) is 0 Å². The number of nitrogens with two attached hydrogens (primary N) is 1. The van der Waals surface area contributed by atoms with Crippen LogP contribution in [-0.4, -0.2) is 41.4 Å². The molecule has 102 valence electrons. The molecule has 5 nitrogen and oxygen atoms in total. The number of carbonyl (C=O) groups is 2. The van der Waals surface area contributed by atoms with Crippen LogP contribution >= 0.6 is 11.8 Å². The molecule has 3 N–H and O–H groups in total. The number of rotatable bonds is 4. The smallest absolute Gasteiger partial charge is 0.248 e. The Hall–Kier alpha value is -1.53. The molecule has 2 amide bonds. The van der Waals surface area contributed by atoms with Gasteiger partial charge in [-0.15, -0.1) is 11.8 Å². The van der Waals surface area contributed by atoms with E-state index in [0.29, 0.717) is 12.1 Å². The lowest BCUT2D eigenvalue weighted by Crippen LogP contribution is -2.42. The Bertz CT molecular complexity index is 469. The van der Waals surface area contributed by atoms with Crippen LogP contribution in [0.2, 0.25) is 0 Å². The summed E-state index contributed by atoms with van der Waals surface area (Å²) in [6.45, 7) is 0.528. The maximum atomic E-state index is 12.1. The van der Waals surface area contributed by atoms with Gasteiger partial charge in [0.05, 0.1) is 6.04 Å². The van der Waals surface area contributed by atoms with Crippen LogP contribution in [0.5, 0.6) is 0 Å². The van der Waals surface area contributed by atoms with E-state index in [1.807, 2.05) is 12.1 Å². The lowest BCUT2D eigenvalue weighted by Gasteiger charge is -2.21. The second-order valence-corrected chi connectivity index (χ2v) is 5.56. The summed E-state index contributed by atoms with van der Waals surface area (Å²) in [5.41, 5.74) is 6.64. The SMILES string of the molecule is CN(Cc1ccc(C(N)=O)cc1)C(=O)C1CSCN1. The summed E-state index contributed by atoms with van der Waals surface area (Å²) in [5, 5.41) is 3.16. The minimum Gasteiger partial charge on any atom is -0.366 e. The molecule has 1 unspecified atom stereocenters. The van der Waals surface area contributed by atoms with Crippen LogP contribution in [0.1, 0.15) is 15.9 Å². The molecule has 0 radical (unpaired) electrons. The van der Waals surface area contributed by atoms with Crippen molar-refractivity contribution in [3.05, 3.63) is 35.4 Å². The van der Waals surface area contributed by atoms with Crippen molar-refractivity contribution in [2.24, 2.45) is 5.73 Å². The molecule has 1 aliphatic heterocycles. The number of carbonyl (C=O) groups excluding carboxylic acids is 2. The maximum absolute atomic E-state index is 12.1. The van der Waals surface area contributed by atoms with E-state index in [9.17, 15) is 9.59 Å². The highest BCUT2D eigenvalue weighted by Gasteiger charge is 2.25. The Morgan fingerprint density at radius 2 is 2.11 bits per heavy atom. The molecule has 1 saturated heterocycles. The molecule has 0 aromatic heterocycles. The zero-order valence-corrected chi connectivity index (χ0v) is 11.6. The molecular formula is C13H17N3O2S. The van der Waals surface area contributed by atoms with Crippen molar-refractivity contribution in [1.82, 2.24) is 10.2 Å². The molecular weight excluding hydrogens is 262 g/mol. The maximum Gasteiger partial charge on any atom is 0.248 e. The highest BCUT2D eigenvalue weighted by Crippen LogP contribution is 2.13. The van der Waals surface area contributed by atoms with E-state index in [4.69, 9.17) is 5.73 Å². The van der Waals surface area contributed by atoms with E-state index >= 15 is 0 Å². The third kappa shape index (κ3) is 3.48. The van der Waals surface area contributed by atoms with Crippen LogP contribution < -0.4 is 11.1 Å². The molecule has 0 spiro atoms. The van der Waals surface area contributed by atoms with Gasteiger partial charge in [-0.05, 0) is 17.7 Å². The molecule has 0 aliphatic carbocycles. The number of nitrogens with zero attached hydrogens (tertiary/aromatic N) is 1. The van der Waals surface area contributed by atoms with Crippen molar-refractivity contribution in [3.63, 3.8) is 0 Å². The molecule has 19 heavy (non-hydrogen) atoms. The third-order valence-corrected chi connectivity index (χ3v) is 3.99. The van der Waals surface area contributed by atoms with Gasteiger partial charge in [-0.1, -0.05) is 12.1 Å². The molecule has 2 rings (SSSR count). The fourth-order valence-electron chi connectivity index (χ4n) is 1.95. The molecule has 1 heterocycles. The standard InChI is InChI=1S/C13H17N3O2S/c1-16(13(18)11-7-19-8-15-11)6-9-2-4-10(5-3-9)12(14)17/h2-5,11,15H,6-8H2,1H3,(H2,14,17). The van der Waals surface area contributed by atoms with Crippen molar-refractivity contribution in [2.75, 3.05) is 18.7 Å². The zero-order chi connectivity index (χ0) is 13.8. The molecule has 1 aromatic carbocycles. The minimum absolute atomic E-state index is 0.0834. The van der Waals surface area contributed by atoms with Crippen molar-refractivity contribution in [3.8, 4) is 0 Å². The number of likely N-dealkylation sites (N-methyl/N-ethyl adjacent to an activating group) is 1. The van der Waals surface area contributed by atoms with Crippen molar-refractivity contribution in [2.45, 2.75) is 12.6 Å². The summed E-state index contributed by atoms with van der Waals surface area (Å²) in [6, 6.07) is 6.92. The molecule has 1 aliphatic rings. The minimum atomic E-state index is -0.442. The first kappa shape index (κ1) is 13.9. The zero-order valence-electron chi connectivity index (χ0n) is 10.8. The Balaban J connectivity index is 1.96. The van der Waals surface area contributed by atoms with E-state index in [1.165, 1.54) is 0 Å². The molecule has 6 heteroatoms. The summed E-state index contributed by atoms with van der Waals surface area (Å²) < 4.78 is 0. The predicted octanol–water partition coefficient (Wildman–Crippen LogP) is 0.406. The van der Waals surface area contributed by atoms with Gasteiger partial charge in [-0.25, -0.2) is 0 Å². The summed E-state index contributed by atoms with van der Waals surface area (Å²) in [6.07, 6.45) is 0. The molecule has 0 saturated carbocycles. The van der Waals surface area contributed by atoms with Gasteiger partial charge in [0.1, 0.15) is 0 Å². The first-order valence-electron chi connectivity index (χ1n) is 6.03. The summed E-state index contributed by atoms with van der Waals surface area (Å²) >= 11 is 1.73. The van der Waals surface area contributed by atoms with Crippen molar-refractivity contribution < 1.29 is 9.59 Å². The second kappa shape index (κ2) is 6.08. The molecule has 0 bridgehead atoms. The van der Waals surface area contributed by atoms with E-state index in [0.717, 1.165) is 17.2 Å². The number of thioether (sulfide) groups is 1. The van der Waals surface area contributed by atoms with Gasteiger partial charge in [0.25, 0.3) is 0 Å². The first-order chi connectivity index (χ1) is 9.08. The molecule has 1 fully saturated rings. The summed E-state index contributed by atoms with van der Waals surface area (Å²) in [4.78, 5) is 24.8. The van der Waals surface area contributed by atoms with E-state index in [2.05, 4.69) is 5.32 Å². The number of hydrogen-bond acceptors (Lipinski definition) is 4. The van der Waals surface area contributed by atoms with Crippen LogP contribution in [0.3, 0.4) is 0 Å². The monoisotopic (exact) mass is 279 g/mol. The fraction of sp³-hybridized carbons (Fsp3) is 0.385. The highest BCUT2D eigenvalue weighted by atomic mass is 32.2. The number of primary amides is 1. The Kier molecular flexibility index (Phi) is 4.44. The number of amides is 2. The van der Waals surface area contributed by atoms with Gasteiger partial charge in [0, 0.05) is 30.8 Å². The number of benzene rings is 1. The topological polar surface area (TPSA) is 75.4 Å². The Morgan fingerprint density at radius 3 is 2.63 bits per heavy atom. The Morgan fingerprint density at radius 1 is 1.42 bits per heavy atom. The Labute approximate surface area is 116 Å². The number of hydrogen-bond donors (Lipinski definition) is 2. The average molecular weight is 279 g/mol. The largest absolute Gasteiger partial charge is 0.366 e. The average Bonchev–Trinajstić information content (AvgIpc) is 2.92. The van der Waals surface area contributed by atoms with Crippen LogP contribution in [0, 0.1) is 0 Å². The van der Waals surface area contributed by atoms with Crippen LogP contribution in [-0.2, 0) is 11.3 Å². The summed E-state index contributed by atoms with van der Waals surface area (Å²) in [5.74, 6) is 1.31.